The van der Waals surface area contributed by atoms with Gasteiger partial charge in [0, 0.05) is 56.0 Å². The Hall–Kier alpha value is -3.46. The van der Waals surface area contributed by atoms with E-state index in [2.05, 4.69) is 4.98 Å². The lowest BCUT2D eigenvalue weighted by Crippen LogP contribution is -2.31. The summed E-state index contributed by atoms with van der Waals surface area (Å²) in [4.78, 5) is 4.29. The minimum atomic E-state index is -2.98. The highest BCUT2D eigenvalue weighted by molar-refractivity contribution is 6.11. The maximum atomic E-state index is 8.48. The molecule has 1 aliphatic rings. The molecule has 0 saturated heterocycles. The fraction of sp³-hybridized carbons (Fsp3) is 0.241. The molecule has 3 heteroatoms. The van der Waals surface area contributed by atoms with Crippen LogP contribution in [0.25, 0.3) is 44.3 Å². The first-order valence-corrected chi connectivity index (χ1v) is 10.2. The van der Waals surface area contributed by atoms with Crippen molar-refractivity contribution >= 4 is 21.9 Å². The summed E-state index contributed by atoms with van der Waals surface area (Å²) in [5.74, 6) is 0. The van der Waals surface area contributed by atoms with Crippen molar-refractivity contribution in [2.75, 3.05) is 0 Å². The zero-order valence-corrected chi connectivity index (χ0v) is 17.5. The van der Waals surface area contributed by atoms with E-state index in [9.17, 15) is 0 Å². The predicted octanol–water partition coefficient (Wildman–Crippen LogP) is 6.70. The van der Waals surface area contributed by atoms with Crippen molar-refractivity contribution in [2.45, 2.75) is 39.7 Å². The number of furan rings is 1. The van der Waals surface area contributed by atoms with Crippen LogP contribution in [0.5, 0.6) is 0 Å². The third-order valence-corrected chi connectivity index (χ3v) is 6.38. The molecular formula is C29H27N2O+. The Kier molecular flexibility index (Phi) is 2.05. The van der Waals surface area contributed by atoms with Crippen molar-refractivity contribution in [1.29, 1.82) is 0 Å². The second-order valence-corrected chi connectivity index (χ2v) is 8.38. The van der Waals surface area contributed by atoms with Crippen molar-refractivity contribution in [3.63, 3.8) is 0 Å². The molecular weight excluding hydrogens is 392 g/mol. The van der Waals surface area contributed by atoms with Crippen LogP contribution >= 0.6 is 0 Å². The summed E-state index contributed by atoms with van der Waals surface area (Å²) in [6.07, 6.45) is 2.68. The summed E-state index contributed by atoms with van der Waals surface area (Å²) in [6.45, 7) is -9.52. The van der Waals surface area contributed by atoms with E-state index in [-0.39, 0.29) is 22.4 Å². The van der Waals surface area contributed by atoms with Crippen molar-refractivity contribution in [2.24, 2.45) is 7.05 Å². The third-order valence-electron chi connectivity index (χ3n) is 6.38. The molecule has 32 heavy (non-hydrogen) atoms. The number of pyridine rings is 2. The summed E-state index contributed by atoms with van der Waals surface area (Å²) < 4.78 is 107. The Labute approximate surface area is 205 Å². The molecule has 0 bridgehead atoms. The molecule has 0 aliphatic heterocycles. The number of aryl methyl sites for hydroxylation is 4. The Morgan fingerprint density at radius 1 is 0.969 bits per heavy atom. The van der Waals surface area contributed by atoms with Gasteiger partial charge in [-0.3, -0.25) is 4.98 Å². The highest BCUT2D eigenvalue weighted by Crippen LogP contribution is 2.50. The fourth-order valence-electron chi connectivity index (χ4n) is 4.78. The van der Waals surface area contributed by atoms with Crippen LogP contribution in [0.1, 0.15) is 58.1 Å². The van der Waals surface area contributed by atoms with Gasteiger partial charge < -0.3 is 4.42 Å². The lowest BCUT2D eigenvalue weighted by atomic mass is 9.84. The van der Waals surface area contributed by atoms with Gasteiger partial charge in [0.25, 0.3) is 0 Å². The molecule has 1 aliphatic carbocycles. The predicted molar refractivity (Wildman–Crippen MR) is 130 cm³/mol. The first kappa shape index (κ1) is 10.4. The average Bonchev–Trinajstić information content (AvgIpc) is 3.39. The van der Waals surface area contributed by atoms with Crippen LogP contribution in [0.2, 0.25) is 0 Å². The van der Waals surface area contributed by atoms with E-state index in [0.717, 1.165) is 0 Å². The summed E-state index contributed by atoms with van der Waals surface area (Å²) in [5.41, 5.74) is 0.218. The molecule has 158 valence electrons. The van der Waals surface area contributed by atoms with E-state index in [0.29, 0.717) is 49.9 Å². The van der Waals surface area contributed by atoms with Gasteiger partial charge in [0.15, 0.2) is 6.20 Å². The van der Waals surface area contributed by atoms with Gasteiger partial charge >= 0.3 is 0 Å². The quantitative estimate of drug-likeness (QED) is 0.276. The molecule has 0 fully saturated rings. The molecule has 0 amide bonds. The van der Waals surface area contributed by atoms with Gasteiger partial charge in [0.1, 0.15) is 18.2 Å². The number of rotatable bonds is 1. The monoisotopic (exact) mass is 431 g/mol. The molecule has 5 aromatic rings. The molecule has 0 radical (unpaired) electrons. The molecule has 3 aromatic heterocycles. The first-order chi connectivity index (χ1) is 20.2. The van der Waals surface area contributed by atoms with Crippen LogP contribution in [0, 0.1) is 20.6 Å². The summed E-state index contributed by atoms with van der Waals surface area (Å²) in [7, 11) is 1.62. The summed E-state index contributed by atoms with van der Waals surface area (Å²) in [6, 6.07) is 11.4. The third kappa shape index (κ3) is 2.42. The van der Waals surface area contributed by atoms with Gasteiger partial charge in [-0.15, -0.1) is 0 Å². The lowest BCUT2D eigenvalue weighted by Gasteiger charge is -2.19. The maximum Gasteiger partial charge on any atom is 0.216 e. The smallest absolute Gasteiger partial charge is 0.216 e. The van der Waals surface area contributed by atoms with E-state index in [4.69, 9.17) is 20.9 Å². The number of fused-ring (bicyclic) bond motifs is 6. The molecule has 0 atom stereocenters. The van der Waals surface area contributed by atoms with E-state index >= 15 is 0 Å². The average molecular weight is 432 g/mol. The lowest BCUT2D eigenvalue weighted by molar-refractivity contribution is -0.660. The van der Waals surface area contributed by atoms with Gasteiger partial charge in [-0.05, 0) is 61.1 Å². The maximum absolute atomic E-state index is 8.48. The Bertz CT molecular complexity index is 1980. The Morgan fingerprint density at radius 3 is 2.66 bits per heavy atom. The van der Waals surface area contributed by atoms with Crippen LogP contribution in [0.15, 0.2) is 59.3 Å². The van der Waals surface area contributed by atoms with E-state index < -0.39 is 32.8 Å². The van der Waals surface area contributed by atoms with Gasteiger partial charge in [0.2, 0.25) is 5.69 Å². The normalized spacial score (nSPS) is 21.3. The SMILES string of the molecule is [2H]C([2H])([2H])c1cc(-c2c(C)ccc3c2oc2cc4c(cc23)C(C([2H])([2H])[2H])(C([2H])([2H])[2H])c2ncccc2-4)[n+](C)cc1C([2H])([2H])[2H]. The van der Waals surface area contributed by atoms with E-state index in [1.54, 1.807) is 48.0 Å². The van der Waals surface area contributed by atoms with Crippen molar-refractivity contribution in [3.8, 4) is 22.4 Å². The van der Waals surface area contributed by atoms with E-state index in [1.165, 1.54) is 18.5 Å². The van der Waals surface area contributed by atoms with Crippen molar-refractivity contribution in [1.82, 2.24) is 4.98 Å². The number of hydrogen-bond donors (Lipinski definition) is 0. The molecule has 0 spiro atoms. The zero-order valence-electron chi connectivity index (χ0n) is 29.5. The van der Waals surface area contributed by atoms with Crippen molar-refractivity contribution in [3.05, 3.63) is 82.8 Å². The molecule has 2 aromatic carbocycles. The zero-order chi connectivity index (χ0) is 32.4. The highest BCUT2D eigenvalue weighted by atomic mass is 16.3. The van der Waals surface area contributed by atoms with Gasteiger partial charge in [-0.1, -0.05) is 31.9 Å². The molecule has 3 nitrogen and oxygen atoms in total. The number of hydrogen-bond acceptors (Lipinski definition) is 2. The molecule has 0 saturated carbocycles. The Balaban J connectivity index is 1.71. The van der Waals surface area contributed by atoms with Gasteiger partial charge in [0.05, 0.1) is 11.3 Å². The first-order valence-electron chi connectivity index (χ1n) is 16.2. The number of benzene rings is 2. The van der Waals surface area contributed by atoms with Crippen LogP contribution in [-0.4, -0.2) is 4.98 Å². The molecule has 6 rings (SSSR count). The molecule has 0 unspecified atom stereocenters. The van der Waals surface area contributed by atoms with Gasteiger partial charge in [-0.25, -0.2) is 4.57 Å². The minimum Gasteiger partial charge on any atom is -0.455 e. The van der Waals surface area contributed by atoms with E-state index in [1.807, 2.05) is 6.92 Å². The number of nitrogens with zero attached hydrogens (tertiary/aromatic N) is 2. The van der Waals surface area contributed by atoms with Crippen LogP contribution in [0.3, 0.4) is 0 Å². The van der Waals surface area contributed by atoms with Gasteiger partial charge in [-0.2, -0.15) is 0 Å². The second kappa shape index (κ2) is 6.29. The van der Waals surface area contributed by atoms with Crippen LogP contribution in [-0.2, 0) is 12.5 Å². The fourth-order valence-corrected chi connectivity index (χ4v) is 4.78. The minimum absolute atomic E-state index is 0.0398. The molecule has 3 heterocycles. The second-order valence-electron chi connectivity index (χ2n) is 8.38. The standard InChI is InChI=1S/C29H27N2O/c1-16-9-10-19-22-13-23-21(20-8-7-11-30-28(20)29(23,4)5)14-25(22)32-27(19)26(16)24-12-17(2)18(3)15-31(24)6/h7-15H,1-6H3/q+1/i2D3,3D3,4D3,5D3. The van der Waals surface area contributed by atoms with Crippen LogP contribution < -0.4 is 4.57 Å². The van der Waals surface area contributed by atoms with Crippen molar-refractivity contribution < 1.29 is 25.4 Å². The Morgan fingerprint density at radius 2 is 1.84 bits per heavy atom. The summed E-state index contributed by atoms with van der Waals surface area (Å²) in [5, 5.41) is 1.02. The summed E-state index contributed by atoms with van der Waals surface area (Å²) >= 11 is 0. The largest absolute Gasteiger partial charge is 0.455 e. The topological polar surface area (TPSA) is 29.9 Å². The molecule has 0 N–H and O–H groups in total. The highest BCUT2D eigenvalue weighted by Gasteiger charge is 2.37. The van der Waals surface area contributed by atoms with Crippen LogP contribution in [0.4, 0.5) is 0 Å². The number of aromatic nitrogens is 2.